The fourth-order valence-electron chi connectivity index (χ4n) is 5.26. The molecular weight excluding hydrogens is 449 g/mol. The van der Waals surface area contributed by atoms with Gasteiger partial charge in [0.25, 0.3) is 0 Å². The third kappa shape index (κ3) is 6.47. The van der Waals surface area contributed by atoms with Crippen LogP contribution in [0.4, 0.5) is 0 Å². The van der Waals surface area contributed by atoms with Gasteiger partial charge in [0.05, 0.1) is 13.2 Å². The molecule has 0 aromatic carbocycles. The van der Waals surface area contributed by atoms with Gasteiger partial charge in [-0.3, -0.25) is 0 Å². The van der Waals surface area contributed by atoms with Crippen LogP contribution in [0.2, 0.25) is 36.3 Å². The SMILES string of the molecule is C=C/C(C#C[Si](CC)(CC)CC)=C1/C/C(=C/C#C[Si](CC)(CC)CC)CC12COC(C)(C)OC2. The smallest absolute Gasteiger partial charge is 0.162 e. The summed E-state index contributed by atoms with van der Waals surface area (Å²) in [6.45, 7) is 23.4. The number of hydrogen-bond acceptors (Lipinski definition) is 2. The number of rotatable bonds is 7. The van der Waals surface area contributed by atoms with Crippen molar-refractivity contribution in [3.05, 3.63) is 35.5 Å². The Bertz CT molecular complexity index is 882. The van der Waals surface area contributed by atoms with E-state index >= 15 is 0 Å². The lowest BCUT2D eigenvalue weighted by Crippen LogP contribution is -2.46. The summed E-state index contributed by atoms with van der Waals surface area (Å²) < 4.78 is 12.4. The predicted octanol–water partition coefficient (Wildman–Crippen LogP) is 8.06. The minimum atomic E-state index is -1.54. The molecule has 34 heavy (non-hydrogen) atoms. The molecule has 4 heteroatoms. The van der Waals surface area contributed by atoms with Gasteiger partial charge in [-0.25, -0.2) is 0 Å². The van der Waals surface area contributed by atoms with Crippen molar-refractivity contribution in [2.75, 3.05) is 13.2 Å². The van der Waals surface area contributed by atoms with Gasteiger partial charge in [0.1, 0.15) is 16.1 Å². The van der Waals surface area contributed by atoms with E-state index in [4.69, 9.17) is 9.47 Å². The first-order valence-electron chi connectivity index (χ1n) is 13.5. The van der Waals surface area contributed by atoms with Gasteiger partial charge in [0.15, 0.2) is 5.79 Å². The quantitative estimate of drug-likeness (QED) is 0.262. The maximum absolute atomic E-state index is 6.21. The highest BCUT2D eigenvalue weighted by molar-refractivity contribution is 6.87. The van der Waals surface area contributed by atoms with Crippen LogP contribution in [0.25, 0.3) is 0 Å². The molecule has 2 fully saturated rings. The first-order valence-corrected chi connectivity index (χ1v) is 18.7. The van der Waals surface area contributed by atoms with E-state index in [1.54, 1.807) is 0 Å². The minimum absolute atomic E-state index is 0.162. The zero-order valence-corrected chi connectivity index (χ0v) is 25.2. The second kappa shape index (κ2) is 12.1. The van der Waals surface area contributed by atoms with E-state index in [0.717, 1.165) is 18.4 Å². The molecule has 0 aromatic heterocycles. The van der Waals surface area contributed by atoms with Crippen LogP contribution >= 0.6 is 0 Å². The molecule has 1 aliphatic heterocycles. The first-order chi connectivity index (χ1) is 16.1. The molecule has 0 unspecified atom stereocenters. The zero-order valence-electron chi connectivity index (χ0n) is 23.2. The van der Waals surface area contributed by atoms with Crippen LogP contribution in [0.15, 0.2) is 35.5 Å². The normalized spacial score (nSPS) is 22.1. The van der Waals surface area contributed by atoms with Crippen LogP contribution in [0.5, 0.6) is 0 Å². The molecule has 1 heterocycles. The van der Waals surface area contributed by atoms with Crippen molar-refractivity contribution in [1.82, 2.24) is 0 Å². The minimum Gasteiger partial charge on any atom is -0.350 e. The molecule has 188 valence electrons. The summed E-state index contributed by atoms with van der Waals surface area (Å²) in [5.74, 6) is 6.61. The molecule has 0 atom stereocenters. The number of ether oxygens (including phenoxy) is 2. The largest absolute Gasteiger partial charge is 0.350 e. The molecule has 1 saturated heterocycles. The van der Waals surface area contributed by atoms with E-state index in [9.17, 15) is 0 Å². The second-order valence-electron chi connectivity index (χ2n) is 10.7. The van der Waals surface area contributed by atoms with Crippen LogP contribution in [-0.2, 0) is 9.47 Å². The third-order valence-corrected chi connectivity index (χ3v) is 18.1. The van der Waals surface area contributed by atoms with Gasteiger partial charge in [-0.1, -0.05) is 71.6 Å². The molecule has 0 aromatic rings. The Kier molecular flexibility index (Phi) is 10.3. The monoisotopic (exact) mass is 496 g/mol. The van der Waals surface area contributed by atoms with Gasteiger partial charge in [0.2, 0.25) is 0 Å². The average Bonchev–Trinajstić information content (AvgIpc) is 3.20. The highest BCUT2D eigenvalue weighted by atomic mass is 28.3. The zero-order chi connectivity index (χ0) is 25.5. The molecular formula is C30H48O2Si2. The lowest BCUT2D eigenvalue weighted by Gasteiger charge is -2.42. The summed E-state index contributed by atoms with van der Waals surface area (Å²) in [6.07, 6.45) is 6.01. The molecule has 1 aliphatic carbocycles. The molecule has 2 rings (SSSR count). The molecule has 2 nitrogen and oxygen atoms in total. The summed E-state index contributed by atoms with van der Waals surface area (Å²) in [4.78, 5) is 0. The summed E-state index contributed by atoms with van der Waals surface area (Å²) >= 11 is 0. The van der Waals surface area contributed by atoms with Crippen molar-refractivity contribution < 1.29 is 9.47 Å². The fraction of sp³-hybridized carbons (Fsp3) is 0.667. The molecule has 1 spiro atoms. The van der Waals surface area contributed by atoms with Gasteiger partial charge in [-0.15, -0.1) is 11.1 Å². The predicted molar refractivity (Wildman–Crippen MR) is 153 cm³/mol. The summed E-state index contributed by atoms with van der Waals surface area (Å²) in [5, 5.41) is 0. The van der Waals surface area contributed by atoms with Crippen LogP contribution in [0.1, 0.15) is 68.2 Å². The Hall–Kier alpha value is -1.31. The van der Waals surface area contributed by atoms with Crippen molar-refractivity contribution >= 4 is 16.1 Å². The van der Waals surface area contributed by atoms with Gasteiger partial charge in [-0.2, -0.15) is 0 Å². The highest BCUT2D eigenvalue weighted by Gasteiger charge is 2.47. The van der Waals surface area contributed by atoms with Gasteiger partial charge < -0.3 is 9.47 Å². The topological polar surface area (TPSA) is 18.5 Å². The maximum Gasteiger partial charge on any atom is 0.162 e. The standard InChI is InChI=1S/C30H48O2Si2/c1-10-27(19-21-34(14-5,15-6)16-7)28-22-26(18-17-20-33(11-2,12-3)13-4)23-30(28)24-31-29(8,9)32-25-30/h10,18H,1,11-16,22-25H2,2-9H3/b26-18-,28-27+. The summed E-state index contributed by atoms with van der Waals surface area (Å²) in [5.41, 5.74) is 11.2. The highest BCUT2D eigenvalue weighted by Crippen LogP contribution is 2.50. The summed E-state index contributed by atoms with van der Waals surface area (Å²) in [6, 6.07) is 7.31. The van der Waals surface area contributed by atoms with Crippen molar-refractivity contribution in [3.8, 4) is 22.9 Å². The molecule has 0 radical (unpaired) electrons. The Labute approximate surface area is 212 Å². The van der Waals surface area contributed by atoms with E-state index in [-0.39, 0.29) is 5.41 Å². The fourth-order valence-corrected chi connectivity index (χ4v) is 10.1. The molecule has 1 saturated carbocycles. The Balaban J connectivity index is 2.53. The second-order valence-corrected chi connectivity index (χ2v) is 20.6. The Morgan fingerprint density at radius 2 is 1.38 bits per heavy atom. The van der Waals surface area contributed by atoms with Crippen LogP contribution in [0.3, 0.4) is 0 Å². The Morgan fingerprint density at radius 3 is 1.85 bits per heavy atom. The molecule has 0 amide bonds. The van der Waals surface area contributed by atoms with Crippen molar-refractivity contribution in [2.24, 2.45) is 5.41 Å². The van der Waals surface area contributed by atoms with Gasteiger partial charge >= 0.3 is 0 Å². The maximum atomic E-state index is 6.21. The third-order valence-electron chi connectivity index (χ3n) is 8.67. The van der Waals surface area contributed by atoms with Crippen LogP contribution in [0, 0.1) is 28.3 Å². The Morgan fingerprint density at radius 1 is 0.882 bits per heavy atom. The van der Waals surface area contributed by atoms with Crippen LogP contribution in [-0.4, -0.2) is 35.1 Å². The lowest BCUT2D eigenvalue weighted by molar-refractivity contribution is -0.277. The van der Waals surface area contributed by atoms with E-state index in [1.165, 1.54) is 47.4 Å². The molecule has 0 bridgehead atoms. The lowest BCUT2D eigenvalue weighted by atomic mass is 9.80. The van der Waals surface area contributed by atoms with Crippen LogP contribution < -0.4 is 0 Å². The van der Waals surface area contributed by atoms with Crippen molar-refractivity contribution in [3.63, 3.8) is 0 Å². The van der Waals surface area contributed by atoms with Crippen molar-refractivity contribution in [2.45, 2.75) is 110 Å². The van der Waals surface area contributed by atoms with E-state index in [1.807, 2.05) is 19.9 Å². The average molecular weight is 497 g/mol. The van der Waals surface area contributed by atoms with Gasteiger partial charge in [-0.05, 0) is 74.6 Å². The molecule has 2 aliphatic rings. The van der Waals surface area contributed by atoms with Gasteiger partial charge in [0, 0.05) is 11.0 Å². The first kappa shape index (κ1) is 28.9. The molecule has 0 N–H and O–H groups in total. The van der Waals surface area contributed by atoms with Crippen molar-refractivity contribution in [1.29, 1.82) is 0 Å². The van der Waals surface area contributed by atoms with E-state index in [2.05, 4.69) is 77.1 Å². The van der Waals surface area contributed by atoms with E-state index < -0.39 is 21.9 Å². The van der Waals surface area contributed by atoms with E-state index in [0.29, 0.717) is 13.2 Å². The number of allylic oxidation sites excluding steroid dienone is 4. The summed E-state index contributed by atoms with van der Waals surface area (Å²) in [7, 11) is -2.99. The number of hydrogen-bond donors (Lipinski definition) is 0.